The first-order valence-corrected chi connectivity index (χ1v) is 4.26. The highest BCUT2D eigenvalue weighted by Gasteiger charge is 2.27. The van der Waals surface area contributed by atoms with Crippen LogP contribution in [0.4, 0.5) is 5.82 Å². The third-order valence-corrected chi connectivity index (χ3v) is 2.17. The maximum absolute atomic E-state index is 9.04. The quantitative estimate of drug-likeness (QED) is 0.407. The zero-order valence-electron chi connectivity index (χ0n) is 7.42. The molecule has 0 saturated heterocycles. The summed E-state index contributed by atoms with van der Waals surface area (Å²) in [5.74, 6) is 0.340. The van der Waals surface area contributed by atoms with Crippen LogP contribution >= 0.6 is 0 Å². The highest BCUT2D eigenvalue weighted by atomic mass is 16.6. The van der Waals surface area contributed by atoms with E-state index in [-0.39, 0.29) is 29.5 Å². The van der Waals surface area contributed by atoms with E-state index in [4.69, 9.17) is 16.6 Å². The molecular formula is C7H11N5O2. The Labute approximate surface area is 79.8 Å². The van der Waals surface area contributed by atoms with Crippen molar-refractivity contribution in [2.45, 2.75) is 25.0 Å². The summed E-state index contributed by atoms with van der Waals surface area (Å²) in [6.07, 6.45) is 1.00. The summed E-state index contributed by atoms with van der Waals surface area (Å²) < 4.78 is 4.39. The third-order valence-electron chi connectivity index (χ3n) is 2.17. The second kappa shape index (κ2) is 3.26. The van der Waals surface area contributed by atoms with Gasteiger partial charge in [0.1, 0.15) is 0 Å². The number of nitrogens with zero attached hydrogens (tertiary/aromatic N) is 3. The summed E-state index contributed by atoms with van der Waals surface area (Å²) in [6, 6.07) is 0.0566. The minimum absolute atomic E-state index is 0.0566. The molecule has 76 valence electrons. The number of nitrogens with two attached hydrogens (primary N) is 2. The Morgan fingerprint density at radius 2 is 2.21 bits per heavy atom. The topological polar surface area (TPSA) is 124 Å². The molecular weight excluding hydrogens is 186 g/mol. The molecule has 0 radical (unpaired) electrons. The molecule has 0 unspecified atom stereocenters. The van der Waals surface area contributed by atoms with E-state index in [1.807, 2.05) is 0 Å². The fourth-order valence-electron chi connectivity index (χ4n) is 1.30. The zero-order chi connectivity index (χ0) is 10.1. The van der Waals surface area contributed by atoms with E-state index in [1.54, 1.807) is 0 Å². The van der Waals surface area contributed by atoms with E-state index in [0.29, 0.717) is 12.8 Å². The Morgan fingerprint density at radius 1 is 1.50 bits per heavy atom. The van der Waals surface area contributed by atoms with Crippen molar-refractivity contribution < 1.29 is 9.74 Å². The van der Waals surface area contributed by atoms with Gasteiger partial charge in [-0.15, -0.1) is 0 Å². The van der Waals surface area contributed by atoms with Crippen LogP contribution in [-0.2, 0) is 0 Å². The molecule has 5 N–H and O–H groups in total. The SMILES string of the molecule is NC(=NC1CC(O)C1)c1nonc1N. The van der Waals surface area contributed by atoms with Gasteiger partial charge in [-0.1, -0.05) is 0 Å². The molecule has 1 aliphatic carbocycles. The van der Waals surface area contributed by atoms with Crippen molar-refractivity contribution in [1.82, 2.24) is 10.3 Å². The van der Waals surface area contributed by atoms with Crippen molar-refractivity contribution in [2.75, 3.05) is 5.73 Å². The van der Waals surface area contributed by atoms with Gasteiger partial charge in [0.05, 0.1) is 12.1 Å². The second-order valence-corrected chi connectivity index (χ2v) is 3.29. The van der Waals surface area contributed by atoms with Crippen LogP contribution in [-0.4, -0.2) is 33.4 Å². The maximum Gasteiger partial charge on any atom is 0.199 e. The monoisotopic (exact) mass is 197 g/mol. The smallest absolute Gasteiger partial charge is 0.199 e. The van der Waals surface area contributed by atoms with Crippen LogP contribution in [0.3, 0.4) is 0 Å². The van der Waals surface area contributed by atoms with E-state index < -0.39 is 0 Å². The first-order chi connectivity index (χ1) is 6.66. The Bertz CT molecular complexity index is 355. The molecule has 1 aromatic heterocycles. The first kappa shape index (κ1) is 8.95. The average Bonchev–Trinajstić information content (AvgIpc) is 2.48. The second-order valence-electron chi connectivity index (χ2n) is 3.29. The summed E-state index contributed by atoms with van der Waals surface area (Å²) in [5, 5.41) is 15.9. The van der Waals surface area contributed by atoms with E-state index in [0.717, 1.165) is 0 Å². The van der Waals surface area contributed by atoms with Crippen molar-refractivity contribution in [1.29, 1.82) is 0 Å². The molecule has 0 bridgehead atoms. The molecule has 0 aromatic carbocycles. The molecule has 1 saturated carbocycles. The van der Waals surface area contributed by atoms with Crippen LogP contribution in [0.15, 0.2) is 9.62 Å². The zero-order valence-corrected chi connectivity index (χ0v) is 7.42. The number of amidine groups is 1. The molecule has 1 heterocycles. The molecule has 0 amide bonds. The van der Waals surface area contributed by atoms with Crippen molar-refractivity contribution in [3.8, 4) is 0 Å². The van der Waals surface area contributed by atoms with Crippen LogP contribution in [0.2, 0.25) is 0 Å². The summed E-state index contributed by atoms with van der Waals surface area (Å²) in [6.45, 7) is 0. The highest BCUT2D eigenvalue weighted by molar-refractivity contribution is 5.99. The Balaban J connectivity index is 2.08. The molecule has 1 aliphatic rings. The molecule has 7 heteroatoms. The van der Waals surface area contributed by atoms with Gasteiger partial charge in [-0.05, 0) is 23.2 Å². The van der Waals surface area contributed by atoms with Gasteiger partial charge in [0, 0.05) is 0 Å². The normalized spacial score (nSPS) is 27.4. The van der Waals surface area contributed by atoms with Gasteiger partial charge in [-0.2, -0.15) is 0 Å². The Hall–Kier alpha value is -1.63. The first-order valence-electron chi connectivity index (χ1n) is 4.26. The summed E-state index contributed by atoms with van der Waals surface area (Å²) in [5.41, 5.74) is 11.3. The number of rotatable bonds is 2. The summed E-state index contributed by atoms with van der Waals surface area (Å²) in [7, 11) is 0. The highest BCUT2D eigenvalue weighted by Crippen LogP contribution is 2.23. The van der Waals surface area contributed by atoms with Gasteiger partial charge >= 0.3 is 0 Å². The van der Waals surface area contributed by atoms with Gasteiger partial charge in [-0.25, -0.2) is 4.63 Å². The van der Waals surface area contributed by atoms with Crippen LogP contribution in [0.1, 0.15) is 18.5 Å². The Morgan fingerprint density at radius 3 is 2.71 bits per heavy atom. The molecule has 0 aliphatic heterocycles. The fourth-order valence-corrected chi connectivity index (χ4v) is 1.30. The Kier molecular flexibility index (Phi) is 2.08. The molecule has 0 spiro atoms. The van der Waals surface area contributed by atoms with Gasteiger partial charge in [0.25, 0.3) is 0 Å². The van der Waals surface area contributed by atoms with Gasteiger partial charge in [0.15, 0.2) is 17.3 Å². The molecule has 1 aromatic rings. The number of aliphatic hydroxyl groups is 1. The van der Waals surface area contributed by atoms with E-state index in [9.17, 15) is 0 Å². The van der Waals surface area contributed by atoms with Crippen LogP contribution in [0, 0.1) is 0 Å². The lowest BCUT2D eigenvalue weighted by Gasteiger charge is -2.27. The van der Waals surface area contributed by atoms with Crippen molar-refractivity contribution in [3.63, 3.8) is 0 Å². The molecule has 2 rings (SSSR count). The van der Waals surface area contributed by atoms with Crippen molar-refractivity contribution >= 4 is 11.7 Å². The van der Waals surface area contributed by atoms with Crippen molar-refractivity contribution in [2.24, 2.45) is 10.7 Å². The van der Waals surface area contributed by atoms with E-state index >= 15 is 0 Å². The average molecular weight is 197 g/mol. The van der Waals surface area contributed by atoms with Crippen LogP contribution < -0.4 is 11.5 Å². The van der Waals surface area contributed by atoms with Crippen molar-refractivity contribution in [3.05, 3.63) is 5.69 Å². The number of nitrogen functional groups attached to an aromatic ring is 1. The molecule has 7 nitrogen and oxygen atoms in total. The number of anilines is 1. The minimum atomic E-state index is -0.260. The lowest BCUT2D eigenvalue weighted by Crippen LogP contribution is -2.33. The molecule has 0 atom stereocenters. The van der Waals surface area contributed by atoms with E-state index in [1.165, 1.54) is 0 Å². The maximum atomic E-state index is 9.04. The van der Waals surface area contributed by atoms with Gasteiger partial charge < -0.3 is 16.6 Å². The minimum Gasteiger partial charge on any atom is -0.393 e. The lowest BCUT2D eigenvalue weighted by atomic mass is 9.90. The van der Waals surface area contributed by atoms with Gasteiger partial charge in [-0.3, -0.25) is 4.99 Å². The van der Waals surface area contributed by atoms with Gasteiger partial charge in [0.2, 0.25) is 0 Å². The fraction of sp³-hybridized carbons (Fsp3) is 0.571. The largest absolute Gasteiger partial charge is 0.393 e. The van der Waals surface area contributed by atoms with Crippen LogP contribution in [0.25, 0.3) is 0 Å². The lowest BCUT2D eigenvalue weighted by molar-refractivity contribution is 0.0778. The predicted octanol–water partition coefficient (Wildman–Crippen LogP) is -1.12. The standard InChI is InChI=1S/C7H11N5O2/c8-6(5-7(9)12-14-11-5)10-3-1-4(13)2-3/h3-4,13H,1-2H2,(H2,8,10)(H2,9,12). The van der Waals surface area contributed by atoms with E-state index in [2.05, 4.69) is 19.9 Å². The molecule has 1 fully saturated rings. The third kappa shape index (κ3) is 1.53. The number of aliphatic hydroxyl groups excluding tert-OH is 1. The number of hydrogen-bond donors (Lipinski definition) is 3. The predicted molar refractivity (Wildman–Crippen MR) is 48.5 cm³/mol. The summed E-state index contributed by atoms with van der Waals surface area (Å²) >= 11 is 0. The number of hydrogen-bond acceptors (Lipinski definition) is 6. The molecule has 14 heavy (non-hydrogen) atoms. The summed E-state index contributed by atoms with van der Waals surface area (Å²) in [4.78, 5) is 4.13. The number of aromatic nitrogens is 2. The number of aliphatic imine (C=N–C) groups is 1. The van der Waals surface area contributed by atoms with Crippen LogP contribution in [0.5, 0.6) is 0 Å².